The Kier molecular flexibility index (Phi) is 2.67. The van der Waals surface area contributed by atoms with Crippen LogP contribution in [0.1, 0.15) is 26.3 Å². The van der Waals surface area contributed by atoms with E-state index in [2.05, 4.69) is 25.9 Å². The largest absolute Gasteiger partial charge is 0.268 e. The molecule has 2 aromatic rings. The van der Waals surface area contributed by atoms with Gasteiger partial charge in [0.25, 0.3) is 11.8 Å². The molecule has 3 rings (SSSR count). The molecule has 3 heterocycles. The molecule has 19 heavy (non-hydrogen) atoms. The molecule has 0 fully saturated rings. The molecule has 0 aliphatic carbocycles. The van der Waals surface area contributed by atoms with Crippen LogP contribution in [0.3, 0.4) is 0 Å². The Balaban J connectivity index is 2.14. The highest BCUT2D eigenvalue weighted by Gasteiger charge is 2.38. The van der Waals surface area contributed by atoms with Crippen molar-refractivity contribution < 1.29 is 9.59 Å². The fourth-order valence-corrected chi connectivity index (χ4v) is 2.49. The van der Waals surface area contributed by atoms with Crippen molar-refractivity contribution in [1.29, 1.82) is 0 Å². The summed E-state index contributed by atoms with van der Waals surface area (Å²) in [5.41, 5.74) is 1.43. The zero-order valence-corrected chi connectivity index (χ0v) is 11.5. The van der Waals surface area contributed by atoms with Crippen molar-refractivity contribution in [2.45, 2.75) is 6.92 Å². The van der Waals surface area contributed by atoms with Gasteiger partial charge in [0.1, 0.15) is 5.82 Å². The van der Waals surface area contributed by atoms with E-state index >= 15 is 0 Å². The van der Waals surface area contributed by atoms with E-state index in [1.165, 1.54) is 12.4 Å². The smallest absolute Gasteiger partial charge is 0.268 e. The van der Waals surface area contributed by atoms with E-state index < -0.39 is 0 Å². The van der Waals surface area contributed by atoms with E-state index in [0.717, 1.165) is 14.9 Å². The van der Waals surface area contributed by atoms with Crippen molar-refractivity contribution in [3.8, 4) is 0 Å². The first kappa shape index (κ1) is 12.0. The topological polar surface area (TPSA) is 63.2 Å². The zero-order valence-electron chi connectivity index (χ0n) is 9.92. The molecule has 1 aliphatic rings. The highest BCUT2D eigenvalue weighted by atomic mass is 79.9. The number of imide groups is 1. The predicted octanol–water partition coefficient (Wildman–Crippen LogP) is 2.35. The Hall–Kier alpha value is -2.08. The summed E-state index contributed by atoms with van der Waals surface area (Å²) in [6, 6.07) is 3.36. The molecule has 0 saturated carbocycles. The summed E-state index contributed by atoms with van der Waals surface area (Å²) in [6.45, 7) is 1.80. The Bertz CT molecular complexity index is 680. The number of pyridine rings is 2. The summed E-state index contributed by atoms with van der Waals surface area (Å²) in [5.74, 6) is -0.388. The molecule has 2 amide bonds. The van der Waals surface area contributed by atoms with Crippen molar-refractivity contribution in [2.75, 3.05) is 4.90 Å². The lowest BCUT2D eigenvalue weighted by Crippen LogP contribution is -2.30. The van der Waals surface area contributed by atoms with Crippen LogP contribution in [-0.4, -0.2) is 21.8 Å². The Morgan fingerprint density at radius 3 is 2.58 bits per heavy atom. The number of hydrogen-bond donors (Lipinski definition) is 0. The normalized spacial score (nSPS) is 13.9. The van der Waals surface area contributed by atoms with Crippen molar-refractivity contribution in [3.63, 3.8) is 0 Å². The molecule has 6 heteroatoms. The van der Waals surface area contributed by atoms with Crippen molar-refractivity contribution in [3.05, 3.63) is 51.9 Å². The molecular weight excluding hydrogens is 310 g/mol. The number of aromatic nitrogens is 2. The Morgan fingerprint density at radius 1 is 1.16 bits per heavy atom. The lowest BCUT2D eigenvalue weighted by molar-refractivity contribution is 0.0925. The molecule has 1 aliphatic heterocycles. The lowest BCUT2D eigenvalue weighted by atomic mass is 10.2. The highest BCUT2D eigenvalue weighted by molar-refractivity contribution is 9.10. The number of carbonyl (C=O) groups excluding carboxylic acids is 2. The summed E-state index contributed by atoms with van der Waals surface area (Å²) >= 11 is 3.30. The SMILES string of the molecule is Cc1cc(Br)cnc1N1C(=O)c2ccncc2C1=O. The first-order chi connectivity index (χ1) is 9.09. The minimum Gasteiger partial charge on any atom is -0.268 e. The minimum atomic E-state index is -0.383. The molecule has 0 aromatic carbocycles. The van der Waals surface area contributed by atoms with E-state index in [1.807, 2.05) is 6.07 Å². The van der Waals surface area contributed by atoms with E-state index in [4.69, 9.17) is 0 Å². The third-order valence-corrected chi connectivity index (χ3v) is 3.35. The summed E-state index contributed by atoms with van der Waals surface area (Å²) in [4.78, 5) is 33.7. The second kappa shape index (κ2) is 4.24. The number of amides is 2. The molecule has 0 atom stereocenters. The third-order valence-electron chi connectivity index (χ3n) is 2.92. The highest BCUT2D eigenvalue weighted by Crippen LogP contribution is 2.29. The number of anilines is 1. The van der Waals surface area contributed by atoms with E-state index in [0.29, 0.717) is 16.9 Å². The van der Waals surface area contributed by atoms with Gasteiger partial charge in [-0.3, -0.25) is 14.6 Å². The van der Waals surface area contributed by atoms with Gasteiger partial charge >= 0.3 is 0 Å². The van der Waals surface area contributed by atoms with Crippen LogP contribution in [0.15, 0.2) is 35.2 Å². The van der Waals surface area contributed by atoms with Crippen LogP contribution >= 0.6 is 15.9 Å². The third kappa shape index (κ3) is 1.76. The maximum Gasteiger partial charge on any atom is 0.268 e. The van der Waals surface area contributed by atoms with E-state index in [9.17, 15) is 9.59 Å². The summed E-state index contributed by atoms with van der Waals surface area (Å²) in [6.07, 6.45) is 4.46. The Morgan fingerprint density at radius 2 is 1.89 bits per heavy atom. The number of fused-ring (bicyclic) bond motifs is 1. The van der Waals surface area contributed by atoms with Gasteiger partial charge in [0.2, 0.25) is 0 Å². The lowest BCUT2D eigenvalue weighted by Gasteiger charge is -2.15. The molecule has 0 unspecified atom stereocenters. The second-order valence-corrected chi connectivity index (χ2v) is 5.08. The monoisotopic (exact) mass is 317 g/mol. The molecule has 2 aromatic heterocycles. The van der Waals surface area contributed by atoms with Gasteiger partial charge in [0.05, 0.1) is 11.1 Å². The molecular formula is C13H8BrN3O2. The minimum absolute atomic E-state index is 0.316. The Labute approximate surface area is 117 Å². The number of carbonyl (C=O) groups is 2. The van der Waals surface area contributed by atoms with Crippen LogP contribution in [0.4, 0.5) is 5.82 Å². The second-order valence-electron chi connectivity index (χ2n) is 4.16. The van der Waals surface area contributed by atoms with Crippen LogP contribution < -0.4 is 4.90 Å². The number of hydrogen-bond acceptors (Lipinski definition) is 4. The summed E-state index contributed by atoms with van der Waals surface area (Å²) in [5, 5.41) is 0. The van der Waals surface area contributed by atoms with Gasteiger partial charge in [-0.25, -0.2) is 9.88 Å². The van der Waals surface area contributed by atoms with Crippen LogP contribution in [0.2, 0.25) is 0 Å². The quantitative estimate of drug-likeness (QED) is 0.757. The molecule has 0 radical (unpaired) electrons. The van der Waals surface area contributed by atoms with E-state index in [-0.39, 0.29) is 11.8 Å². The summed E-state index contributed by atoms with van der Waals surface area (Å²) < 4.78 is 0.798. The molecule has 0 N–H and O–H groups in total. The van der Waals surface area contributed by atoms with Crippen molar-refractivity contribution >= 4 is 33.6 Å². The zero-order chi connectivity index (χ0) is 13.6. The van der Waals surface area contributed by atoms with Gasteiger partial charge < -0.3 is 0 Å². The number of aryl methyl sites for hydroxylation is 1. The van der Waals surface area contributed by atoms with Gasteiger partial charge in [-0.2, -0.15) is 0 Å². The number of rotatable bonds is 1. The van der Waals surface area contributed by atoms with Gasteiger partial charge in [0, 0.05) is 23.1 Å². The molecule has 0 saturated heterocycles. The average molecular weight is 318 g/mol. The molecule has 5 nitrogen and oxygen atoms in total. The van der Waals surface area contributed by atoms with Gasteiger partial charge in [0.15, 0.2) is 0 Å². The standard InChI is InChI=1S/C13H8BrN3O2/c1-7-4-8(14)5-16-11(7)17-12(18)9-2-3-15-6-10(9)13(17)19/h2-6H,1H3. The van der Waals surface area contributed by atoms with Crippen molar-refractivity contribution in [1.82, 2.24) is 9.97 Å². The molecule has 0 bridgehead atoms. The van der Waals surface area contributed by atoms with Gasteiger partial charge in [-0.15, -0.1) is 0 Å². The predicted molar refractivity (Wildman–Crippen MR) is 72.1 cm³/mol. The first-order valence-electron chi connectivity index (χ1n) is 5.54. The fourth-order valence-electron chi connectivity index (χ4n) is 2.04. The van der Waals surface area contributed by atoms with Gasteiger partial charge in [-0.05, 0) is 40.5 Å². The van der Waals surface area contributed by atoms with Crippen molar-refractivity contribution in [2.24, 2.45) is 0 Å². The number of halogens is 1. The first-order valence-corrected chi connectivity index (χ1v) is 6.34. The molecule has 94 valence electrons. The number of nitrogens with zero attached hydrogens (tertiary/aromatic N) is 3. The maximum absolute atomic E-state index is 12.3. The molecule has 0 spiro atoms. The average Bonchev–Trinajstić information content (AvgIpc) is 2.64. The van der Waals surface area contributed by atoms with E-state index in [1.54, 1.807) is 19.2 Å². The van der Waals surface area contributed by atoms with Crippen LogP contribution in [-0.2, 0) is 0 Å². The van der Waals surface area contributed by atoms with Gasteiger partial charge in [-0.1, -0.05) is 0 Å². The maximum atomic E-state index is 12.3. The van der Waals surface area contributed by atoms with Crippen LogP contribution in [0.25, 0.3) is 0 Å². The fraction of sp³-hybridized carbons (Fsp3) is 0.0769. The van der Waals surface area contributed by atoms with Crippen LogP contribution in [0, 0.1) is 6.92 Å². The summed E-state index contributed by atoms with van der Waals surface area (Å²) in [7, 11) is 0. The van der Waals surface area contributed by atoms with Crippen LogP contribution in [0.5, 0.6) is 0 Å².